The van der Waals surface area contributed by atoms with Crippen molar-refractivity contribution in [2.45, 2.75) is 25.7 Å². The number of pyridine rings is 1. The second kappa shape index (κ2) is 5.04. The maximum atomic E-state index is 12.6. The van der Waals surface area contributed by atoms with Gasteiger partial charge in [-0.25, -0.2) is 13.8 Å². The number of alkyl halides is 3. The Labute approximate surface area is 91.5 Å². The average molecular weight is 231 g/mol. The monoisotopic (exact) mass is 230 g/mol. The maximum absolute atomic E-state index is 12.6. The fourth-order valence-electron chi connectivity index (χ4n) is 1.27. The quantitative estimate of drug-likeness (QED) is 0.748. The van der Waals surface area contributed by atoms with Crippen molar-refractivity contribution in [3.8, 4) is 6.07 Å². The number of aromatic nitrogens is 1. The number of aryl methyl sites for hydroxylation is 1. The number of hydrogen-bond donors (Lipinski definition) is 0. The number of halogens is 3. The van der Waals surface area contributed by atoms with Crippen LogP contribution in [0.25, 0.3) is 0 Å². The van der Waals surface area contributed by atoms with Crippen LogP contribution in [0.2, 0.25) is 0 Å². The summed E-state index contributed by atoms with van der Waals surface area (Å²) >= 11 is 5.57. The summed E-state index contributed by atoms with van der Waals surface area (Å²) in [6.07, 6.45) is -2.73. The first-order valence-corrected chi connectivity index (χ1v) is 4.84. The SMILES string of the molecule is Cc1cc(CC#N)c(C(F)F)nc1CCl. The van der Waals surface area contributed by atoms with Gasteiger partial charge in [0.2, 0.25) is 0 Å². The molecular weight excluding hydrogens is 222 g/mol. The molecule has 2 nitrogen and oxygen atoms in total. The summed E-state index contributed by atoms with van der Waals surface area (Å²) in [6, 6.07) is 3.39. The molecule has 0 amide bonds. The van der Waals surface area contributed by atoms with Crippen LogP contribution in [-0.4, -0.2) is 4.98 Å². The lowest BCUT2D eigenvalue weighted by molar-refractivity contribution is 0.145. The second-order valence-corrected chi connectivity index (χ2v) is 3.33. The van der Waals surface area contributed by atoms with Crippen molar-refractivity contribution in [2.24, 2.45) is 0 Å². The van der Waals surface area contributed by atoms with Crippen molar-refractivity contribution in [3.63, 3.8) is 0 Å². The standard InChI is InChI=1S/C10H9ClF2N2/c1-6-4-7(2-3-14)9(10(12)13)15-8(6)5-11/h4,10H,2,5H2,1H3. The summed E-state index contributed by atoms with van der Waals surface area (Å²) in [7, 11) is 0. The Balaban J connectivity index is 3.26. The Morgan fingerprint density at radius 2 is 2.27 bits per heavy atom. The van der Waals surface area contributed by atoms with Gasteiger partial charge in [0.1, 0.15) is 5.69 Å². The van der Waals surface area contributed by atoms with E-state index in [-0.39, 0.29) is 23.6 Å². The molecule has 0 spiro atoms. The van der Waals surface area contributed by atoms with Crippen molar-refractivity contribution in [3.05, 3.63) is 28.6 Å². The number of hydrogen-bond acceptors (Lipinski definition) is 2. The molecule has 0 aliphatic rings. The number of nitrogens with zero attached hydrogens (tertiary/aromatic N) is 2. The van der Waals surface area contributed by atoms with Gasteiger partial charge in [-0.1, -0.05) is 6.07 Å². The first-order chi connectivity index (χ1) is 7.10. The van der Waals surface area contributed by atoms with Crippen LogP contribution in [0.1, 0.15) is 28.9 Å². The molecule has 80 valence electrons. The lowest BCUT2D eigenvalue weighted by Crippen LogP contribution is -2.03. The van der Waals surface area contributed by atoms with Crippen molar-refractivity contribution in [2.75, 3.05) is 0 Å². The zero-order chi connectivity index (χ0) is 11.4. The van der Waals surface area contributed by atoms with E-state index >= 15 is 0 Å². The van der Waals surface area contributed by atoms with Crippen LogP contribution in [-0.2, 0) is 12.3 Å². The highest BCUT2D eigenvalue weighted by Gasteiger charge is 2.16. The summed E-state index contributed by atoms with van der Waals surface area (Å²) in [5.41, 5.74) is 1.12. The lowest BCUT2D eigenvalue weighted by Gasteiger charge is -2.09. The van der Waals surface area contributed by atoms with Crippen LogP contribution in [0.3, 0.4) is 0 Å². The highest BCUT2D eigenvalue weighted by atomic mass is 35.5. The molecule has 0 bridgehead atoms. The molecule has 1 heterocycles. The lowest BCUT2D eigenvalue weighted by atomic mass is 10.1. The zero-order valence-corrected chi connectivity index (χ0v) is 8.85. The summed E-state index contributed by atoms with van der Waals surface area (Å²) in [6.45, 7) is 1.74. The van der Waals surface area contributed by atoms with Crippen LogP contribution in [0.5, 0.6) is 0 Å². The Hall–Kier alpha value is -1.21. The van der Waals surface area contributed by atoms with Gasteiger partial charge in [-0.15, -0.1) is 11.6 Å². The predicted octanol–water partition coefficient (Wildman–Crippen LogP) is 3.13. The van der Waals surface area contributed by atoms with Gasteiger partial charge in [-0.2, -0.15) is 5.26 Å². The van der Waals surface area contributed by atoms with Gasteiger partial charge < -0.3 is 0 Å². The summed E-state index contributed by atoms with van der Waals surface area (Å²) in [5.74, 6) is 0.0956. The van der Waals surface area contributed by atoms with E-state index in [2.05, 4.69) is 4.98 Å². The predicted molar refractivity (Wildman–Crippen MR) is 52.8 cm³/mol. The van der Waals surface area contributed by atoms with Gasteiger partial charge >= 0.3 is 0 Å². The molecule has 0 N–H and O–H groups in total. The molecule has 1 aromatic heterocycles. The summed E-state index contributed by atoms with van der Waals surface area (Å²) < 4.78 is 25.2. The Morgan fingerprint density at radius 1 is 1.60 bits per heavy atom. The van der Waals surface area contributed by atoms with Gasteiger partial charge in [-0.3, -0.25) is 0 Å². The van der Waals surface area contributed by atoms with E-state index < -0.39 is 6.43 Å². The van der Waals surface area contributed by atoms with E-state index in [0.29, 0.717) is 5.69 Å². The molecule has 0 saturated carbocycles. The molecule has 0 radical (unpaired) electrons. The topological polar surface area (TPSA) is 36.7 Å². The van der Waals surface area contributed by atoms with Gasteiger partial charge in [0.05, 0.1) is 24.1 Å². The molecule has 0 saturated heterocycles. The van der Waals surface area contributed by atoms with E-state index in [0.717, 1.165) is 5.56 Å². The molecule has 0 aliphatic heterocycles. The minimum Gasteiger partial charge on any atom is -0.250 e. The largest absolute Gasteiger partial charge is 0.280 e. The Morgan fingerprint density at radius 3 is 2.73 bits per heavy atom. The molecule has 0 aromatic carbocycles. The summed E-state index contributed by atoms with van der Waals surface area (Å²) in [4.78, 5) is 3.78. The second-order valence-electron chi connectivity index (χ2n) is 3.07. The minimum absolute atomic E-state index is 0.0594. The molecule has 1 aromatic rings. The van der Waals surface area contributed by atoms with Crippen molar-refractivity contribution in [1.29, 1.82) is 5.26 Å². The maximum Gasteiger partial charge on any atom is 0.280 e. The molecule has 0 fully saturated rings. The Bertz CT molecular complexity index is 399. The average Bonchev–Trinajstić information content (AvgIpc) is 2.18. The van der Waals surface area contributed by atoms with E-state index in [4.69, 9.17) is 16.9 Å². The molecule has 1 rings (SSSR count). The van der Waals surface area contributed by atoms with Crippen LogP contribution in [0.4, 0.5) is 8.78 Å². The smallest absolute Gasteiger partial charge is 0.250 e. The molecular formula is C10H9ClF2N2. The van der Waals surface area contributed by atoms with Crippen molar-refractivity contribution in [1.82, 2.24) is 4.98 Å². The third-order valence-corrected chi connectivity index (χ3v) is 2.29. The Kier molecular flexibility index (Phi) is 3.98. The molecule has 0 atom stereocenters. The third-order valence-electron chi connectivity index (χ3n) is 2.03. The van der Waals surface area contributed by atoms with E-state index in [9.17, 15) is 8.78 Å². The van der Waals surface area contributed by atoms with Crippen LogP contribution in [0, 0.1) is 18.3 Å². The van der Waals surface area contributed by atoms with Gasteiger partial charge in [0.25, 0.3) is 6.43 Å². The van der Waals surface area contributed by atoms with Crippen molar-refractivity contribution >= 4 is 11.6 Å². The fraction of sp³-hybridized carbons (Fsp3) is 0.400. The van der Waals surface area contributed by atoms with Gasteiger partial charge in [0.15, 0.2) is 0 Å². The highest BCUT2D eigenvalue weighted by molar-refractivity contribution is 6.17. The third kappa shape index (κ3) is 2.63. The highest BCUT2D eigenvalue weighted by Crippen LogP contribution is 2.24. The first-order valence-electron chi connectivity index (χ1n) is 4.30. The molecule has 5 heteroatoms. The first kappa shape index (κ1) is 11.9. The molecule has 0 aliphatic carbocycles. The normalized spacial score (nSPS) is 10.4. The summed E-state index contributed by atoms with van der Waals surface area (Å²) in [5, 5.41) is 8.49. The van der Waals surface area contributed by atoms with Crippen LogP contribution >= 0.6 is 11.6 Å². The number of nitriles is 1. The molecule has 15 heavy (non-hydrogen) atoms. The molecule has 0 unspecified atom stereocenters. The fourth-order valence-corrected chi connectivity index (χ4v) is 1.55. The van der Waals surface area contributed by atoms with Crippen LogP contribution < -0.4 is 0 Å². The van der Waals surface area contributed by atoms with E-state index in [1.165, 1.54) is 0 Å². The van der Waals surface area contributed by atoms with Gasteiger partial charge in [-0.05, 0) is 18.1 Å². The van der Waals surface area contributed by atoms with Gasteiger partial charge in [0, 0.05) is 0 Å². The van der Waals surface area contributed by atoms with E-state index in [1.54, 1.807) is 13.0 Å². The van der Waals surface area contributed by atoms with Crippen molar-refractivity contribution < 1.29 is 8.78 Å². The van der Waals surface area contributed by atoms with E-state index in [1.807, 2.05) is 6.07 Å². The van der Waals surface area contributed by atoms with Crippen LogP contribution in [0.15, 0.2) is 6.07 Å². The zero-order valence-electron chi connectivity index (χ0n) is 8.10. The minimum atomic E-state index is -2.67. The number of rotatable bonds is 3.